The molecule has 3 rings (SSSR count). The number of piperazine rings is 1. The highest BCUT2D eigenvalue weighted by atomic mass is 35.5. The number of carbonyl (C=O) groups is 1. The summed E-state index contributed by atoms with van der Waals surface area (Å²) in [4.78, 5) is 16.6. The second-order valence-corrected chi connectivity index (χ2v) is 6.54. The number of benzene rings is 2. The molecule has 1 amide bonds. The van der Waals surface area contributed by atoms with Crippen LogP contribution in [0.2, 0.25) is 5.02 Å². The first-order valence-electron chi connectivity index (χ1n) is 8.20. The normalized spacial score (nSPS) is 15.3. The van der Waals surface area contributed by atoms with Gasteiger partial charge < -0.3 is 10.2 Å². The van der Waals surface area contributed by atoms with Crippen LogP contribution >= 0.6 is 11.6 Å². The Morgan fingerprint density at radius 1 is 1.04 bits per heavy atom. The number of halogens is 1. The molecule has 0 atom stereocenters. The van der Waals surface area contributed by atoms with Crippen molar-refractivity contribution in [2.24, 2.45) is 0 Å². The van der Waals surface area contributed by atoms with Gasteiger partial charge in [0.1, 0.15) is 0 Å². The van der Waals surface area contributed by atoms with Crippen molar-refractivity contribution in [3.63, 3.8) is 0 Å². The lowest BCUT2D eigenvalue weighted by atomic mass is 10.2. The maximum atomic E-state index is 12.2. The van der Waals surface area contributed by atoms with Crippen LogP contribution in [0, 0.1) is 6.92 Å². The molecule has 0 aliphatic carbocycles. The van der Waals surface area contributed by atoms with Crippen LogP contribution in [-0.4, -0.2) is 43.5 Å². The second-order valence-electron chi connectivity index (χ2n) is 6.13. The second kappa shape index (κ2) is 7.69. The Hall–Kier alpha value is -2.04. The fourth-order valence-electron chi connectivity index (χ4n) is 2.90. The Kier molecular flexibility index (Phi) is 5.38. The summed E-state index contributed by atoms with van der Waals surface area (Å²) in [7, 11) is 0. The van der Waals surface area contributed by atoms with Gasteiger partial charge in [-0.1, -0.05) is 41.4 Å². The van der Waals surface area contributed by atoms with E-state index in [-0.39, 0.29) is 5.91 Å². The van der Waals surface area contributed by atoms with Crippen LogP contribution in [0.25, 0.3) is 0 Å². The van der Waals surface area contributed by atoms with E-state index in [1.165, 1.54) is 5.56 Å². The maximum absolute atomic E-state index is 12.2. The van der Waals surface area contributed by atoms with Crippen molar-refractivity contribution in [2.75, 3.05) is 42.9 Å². The molecule has 2 aromatic rings. The molecule has 0 radical (unpaired) electrons. The summed E-state index contributed by atoms with van der Waals surface area (Å²) < 4.78 is 0. The van der Waals surface area contributed by atoms with Crippen LogP contribution in [-0.2, 0) is 4.79 Å². The number of rotatable bonds is 4. The number of anilines is 2. The molecule has 2 aromatic carbocycles. The molecule has 1 N–H and O–H groups in total. The molecule has 1 fully saturated rings. The molecule has 1 heterocycles. The first-order valence-corrected chi connectivity index (χ1v) is 8.58. The summed E-state index contributed by atoms with van der Waals surface area (Å²) in [6.07, 6.45) is 0. The molecule has 0 spiro atoms. The van der Waals surface area contributed by atoms with Crippen molar-refractivity contribution >= 4 is 28.9 Å². The van der Waals surface area contributed by atoms with Crippen molar-refractivity contribution < 1.29 is 4.79 Å². The number of para-hydroxylation sites is 1. The zero-order chi connectivity index (χ0) is 16.9. The van der Waals surface area contributed by atoms with E-state index in [1.807, 2.05) is 55.5 Å². The lowest BCUT2D eigenvalue weighted by molar-refractivity contribution is -0.117. The largest absolute Gasteiger partial charge is 0.368 e. The van der Waals surface area contributed by atoms with Crippen LogP contribution in [0.5, 0.6) is 0 Å². The SMILES string of the molecule is Cc1ccc(NC(=O)CN2CCN(c3ccccc3Cl)CC2)cc1. The first kappa shape index (κ1) is 16.8. The molecule has 5 heteroatoms. The number of nitrogens with zero attached hydrogens (tertiary/aromatic N) is 2. The molecule has 0 unspecified atom stereocenters. The molecule has 0 saturated carbocycles. The molecule has 1 aliphatic rings. The zero-order valence-electron chi connectivity index (χ0n) is 13.8. The Labute approximate surface area is 148 Å². The Bertz CT molecular complexity index is 694. The van der Waals surface area contributed by atoms with Gasteiger partial charge in [0.25, 0.3) is 0 Å². The third-order valence-corrected chi connectivity index (χ3v) is 4.59. The van der Waals surface area contributed by atoms with E-state index < -0.39 is 0 Å². The monoisotopic (exact) mass is 343 g/mol. The van der Waals surface area contributed by atoms with E-state index in [9.17, 15) is 4.79 Å². The average molecular weight is 344 g/mol. The van der Waals surface area contributed by atoms with Crippen LogP contribution in [0.3, 0.4) is 0 Å². The van der Waals surface area contributed by atoms with E-state index in [0.717, 1.165) is 42.6 Å². The summed E-state index contributed by atoms with van der Waals surface area (Å²) in [6, 6.07) is 15.8. The van der Waals surface area contributed by atoms with Gasteiger partial charge in [0.05, 0.1) is 17.3 Å². The van der Waals surface area contributed by atoms with Gasteiger partial charge in [0.15, 0.2) is 0 Å². The molecule has 1 saturated heterocycles. The van der Waals surface area contributed by atoms with Crippen molar-refractivity contribution in [1.29, 1.82) is 0 Å². The van der Waals surface area contributed by atoms with Gasteiger partial charge in [-0.25, -0.2) is 0 Å². The number of hydrogen-bond donors (Lipinski definition) is 1. The molecule has 24 heavy (non-hydrogen) atoms. The highest BCUT2D eigenvalue weighted by molar-refractivity contribution is 6.33. The highest BCUT2D eigenvalue weighted by Gasteiger charge is 2.20. The summed E-state index contributed by atoms with van der Waals surface area (Å²) in [6.45, 7) is 5.91. The minimum absolute atomic E-state index is 0.0325. The van der Waals surface area contributed by atoms with Crippen LogP contribution in [0.1, 0.15) is 5.56 Å². The minimum atomic E-state index is 0.0325. The Balaban J connectivity index is 1.49. The van der Waals surface area contributed by atoms with Crippen molar-refractivity contribution in [1.82, 2.24) is 4.90 Å². The van der Waals surface area contributed by atoms with Crippen molar-refractivity contribution in [3.05, 3.63) is 59.1 Å². The summed E-state index contributed by atoms with van der Waals surface area (Å²) in [5.41, 5.74) is 3.10. The number of aryl methyl sites for hydroxylation is 1. The quantitative estimate of drug-likeness (QED) is 0.924. The van der Waals surface area contributed by atoms with Crippen LogP contribution in [0.15, 0.2) is 48.5 Å². The average Bonchev–Trinajstić information content (AvgIpc) is 2.58. The minimum Gasteiger partial charge on any atom is -0.368 e. The molecular formula is C19H22ClN3O. The summed E-state index contributed by atoms with van der Waals surface area (Å²) in [5.74, 6) is 0.0325. The lowest BCUT2D eigenvalue weighted by Gasteiger charge is -2.36. The fraction of sp³-hybridized carbons (Fsp3) is 0.316. The van der Waals surface area contributed by atoms with E-state index in [1.54, 1.807) is 0 Å². The van der Waals surface area contributed by atoms with Gasteiger partial charge in [0.2, 0.25) is 5.91 Å². The molecule has 4 nitrogen and oxygen atoms in total. The smallest absolute Gasteiger partial charge is 0.238 e. The third kappa shape index (κ3) is 4.28. The van der Waals surface area contributed by atoms with Gasteiger partial charge in [-0.3, -0.25) is 9.69 Å². The first-order chi connectivity index (χ1) is 11.6. The summed E-state index contributed by atoms with van der Waals surface area (Å²) >= 11 is 6.26. The van der Waals surface area contributed by atoms with Gasteiger partial charge >= 0.3 is 0 Å². The zero-order valence-corrected chi connectivity index (χ0v) is 14.6. The number of hydrogen-bond acceptors (Lipinski definition) is 3. The van der Waals surface area contributed by atoms with Crippen LogP contribution in [0.4, 0.5) is 11.4 Å². The Morgan fingerprint density at radius 2 is 1.71 bits per heavy atom. The number of nitrogens with one attached hydrogen (secondary N) is 1. The van der Waals surface area contributed by atoms with Gasteiger partial charge in [0, 0.05) is 31.9 Å². The molecule has 1 aliphatic heterocycles. The van der Waals surface area contributed by atoms with E-state index >= 15 is 0 Å². The Morgan fingerprint density at radius 3 is 2.38 bits per heavy atom. The van der Waals surface area contributed by atoms with Crippen molar-refractivity contribution in [2.45, 2.75) is 6.92 Å². The van der Waals surface area contributed by atoms with Crippen LogP contribution < -0.4 is 10.2 Å². The third-order valence-electron chi connectivity index (χ3n) is 4.27. The fourth-order valence-corrected chi connectivity index (χ4v) is 3.15. The predicted molar refractivity (Wildman–Crippen MR) is 99.9 cm³/mol. The lowest BCUT2D eigenvalue weighted by Crippen LogP contribution is -2.48. The van der Waals surface area contributed by atoms with Gasteiger partial charge in [-0.05, 0) is 31.2 Å². The molecular weight excluding hydrogens is 322 g/mol. The van der Waals surface area contributed by atoms with E-state index in [2.05, 4.69) is 15.1 Å². The predicted octanol–water partition coefficient (Wildman–Crippen LogP) is 3.41. The van der Waals surface area contributed by atoms with Gasteiger partial charge in [-0.15, -0.1) is 0 Å². The molecule has 0 aromatic heterocycles. The molecule has 126 valence electrons. The van der Waals surface area contributed by atoms with Gasteiger partial charge in [-0.2, -0.15) is 0 Å². The number of carbonyl (C=O) groups excluding carboxylic acids is 1. The van der Waals surface area contributed by atoms with E-state index in [0.29, 0.717) is 6.54 Å². The van der Waals surface area contributed by atoms with Crippen molar-refractivity contribution in [3.8, 4) is 0 Å². The molecule has 0 bridgehead atoms. The maximum Gasteiger partial charge on any atom is 0.238 e. The highest BCUT2D eigenvalue weighted by Crippen LogP contribution is 2.25. The number of amides is 1. The topological polar surface area (TPSA) is 35.6 Å². The van der Waals surface area contributed by atoms with E-state index in [4.69, 9.17) is 11.6 Å². The standard InChI is InChI=1S/C19H22ClN3O/c1-15-6-8-16(9-7-15)21-19(24)14-22-10-12-23(13-11-22)18-5-3-2-4-17(18)20/h2-9H,10-14H2,1H3,(H,21,24). The summed E-state index contributed by atoms with van der Waals surface area (Å²) in [5, 5.41) is 3.73.